The second-order valence-corrected chi connectivity index (χ2v) is 48.6. The number of halogens is 8. The molecule has 0 aromatic rings. The fourth-order valence-corrected chi connectivity index (χ4v) is 0.938. The SMILES string of the molecule is C[C-]=C(C)/C(C)=C(/C)C(C)=[C-]C.[Cl][Zr]([Cl])([Cl])[Cl].[Cl][Zr]([Cl])([Cl])[Cl]. The van der Waals surface area contributed by atoms with Gasteiger partial charge in [-0.1, -0.05) is 13.8 Å². The van der Waals surface area contributed by atoms with E-state index in [1.165, 1.54) is 22.3 Å². The van der Waals surface area contributed by atoms with E-state index in [0.717, 1.165) is 0 Å². The maximum absolute atomic E-state index is 5.04. The van der Waals surface area contributed by atoms with Gasteiger partial charge in [-0.2, -0.15) is 0 Å². The molecule has 0 amide bonds. The molecule has 132 valence electrons. The molecule has 0 aliphatic carbocycles. The Bertz CT molecular complexity index is 352. The van der Waals surface area contributed by atoms with Crippen molar-refractivity contribution in [2.45, 2.75) is 41.5 Å². The summed E-state index contributed by atoms with van der Waals surface area (Å²) in [6.07, 6.45) is 6.28. The Kier molecular flexibility index (Phi) is 21.0. The van der Waals surface area contributed by atoms with Crippen LogP contribution in [0.1, 0.15) is 41.5 Å². The fourth-order valence-electron chi connectivity index (χ4n) is 0.938. The summed E-state index contributed by atoms with van der Waals surface area (Å²) in [4.78, 5) is 0. The van der Waals surface area contributed by atoms with Crippen LogP contribution in [-0.4, -0.2) is 0 Å². The molecule has 0 N–H and O–H groups in total. The quantitative estimate of drug-likeness (QED) is 0.211. The van der Waals surface area contributed by atoms with Crippen molar-refractivity contribution in [2.24, 2.45) is 0 Å². The van der Waals surface area contributed by atoms with E-state index in [9.17, 15) is 0 Å². The molecule has 0 saturated carbocycles. The van der Waals surface area contributed by atoms with Crippen LogP contribution < -0.4 is 0 Å². The van der Waals surface area contributed by atoms with E-state index in [1.54, 1.807) is 0 Å². The van der Waals surface area contributed by atoms with Crippen molar-refractivity contribution in [1.29, 1.82) is 0 Å². The van der Waals surface area contributed by atoms with Gasteiger partial charge in [0.15, 0.2) is 0 Å². The molecule has 10 heteroatoms. The van der Waals surface area contributed by atoms with Crippen molar-refractivity contribution in [3.05, 3.63) is 34.4 Å². The zero-order valence-electron chi connectivity index (χ0n) is 13.0. The molecule has 0 rings (SSSR count). The first-order chi connectivity index (χ1) is 9.54. The molecule has 0 nitrogen and oxygen atoms in total. The van der Waals surface area contributed by atoms with Gasteiger partial charge in [-0.05, 0) is 0 Å². The monoisotopic (exact) mass is 622 g/mol. The van der Waals surface area contributed by atoms with E-state index in [-0.39, 0.29) is 0 Å². The summed E-state index contributed by atoms with van der Waals surface area (Å²) in [6, 6.07) is 0. The first kappa shape index (κ1) is 30.0. The minimum atomic E-state index is -3.29. The van der Waals surface area contributed by atoms with E-state index in [1.807, 2.05) is 13.8 Å². The fraction of sp³-hybridized carbons (Fsp3) is 0.500. The zero-order valence-corrected chi connectivity index (χ0v) is 24.0. The van der Waals surface area contributed by atoms with Crippen LogP contribution in [0.25, 0.3) is 0 Å². The molecule has 0 radical (unpaired) electrons. The van der Waals surface area contributed by atoms with Crippen LogP contribution in [0.3, 0.4) is 0 Å². The van der Waals surface area contributed by atoms with Gasteiger partial charge in [-0.25, -0.2) is 11.1 Å². The Morgan fingerprint density at radius 3 is 0.773 bits per heavy atom. The molecule has 0 spiro atoms. The van der Waals surface area contributed by atoms with Gasteiger partial charge in [0, 0.05) is 0 Å². The average molecular weight is 628 g/mol. The second kappa shape index (κ2) is 15.4. The van der Waals surface area contributed by atoms with Crippen LogP contribution in [0.4, 0.5) is 0 Å². The van der Waals surface area contributed by atoms with Crippen LogP contribution >= 0.6 is 68.1 Å². The first-order valence-electron chi connectivity index (χ1n) is 5.76. The predicted octanol–water partition coefficient (Wildman–Crippen LogP) is 9.37. The second-order valence-electron chi connectivity index (χ2n) is 3.86. The van der Waals surface area contributed by atoms with Crippen molar-refractivity contribution in [3.8, 4) is 0 Å². The topological polar surface area (TPSA) is 0 Å². The van der Waals surface area contributed by atoms with E-state index in [2.05, 4.69) is 39.8 Å². The third kappa shape index (κ3) is 31.1. The molecule has 0 aliphatic rings. The zero-order chi connectivity index (χ0) is 18.7. The van der Waals surface area contributed by atoms with Gasteiger partial charge in [-0.15, -0.1) is 27.7 Å². The van der Waals surface area contributed by atoms with Gasteiger partial charge >= 0.3 is 99.1 Å². The molecule has 0 aliphatic heterocycles. The molecule has 0 aromatic heterocycles. The molecular weight excluding hydrogens is 610 g/mol. The molecular formula is C12H18Cl8Zr2-2. The molecule has 0 bridgehead atoms. The Balaban J connectivity index is -0.000000298. The summed E-state index contributed by atoms with van der Waals surface area (Å²) in [6.45, 7) is 12.3. The van der Waals surface area contributed by atoms with Crippen LogP contribution in [-0.2, 0) is 31.0 Å². The van der Waals surface area contributed by atoms with E-state index < -0.39 is 31.0 Å². The van der Waals surface area contributed by atoms with Gasteiger partial charge in [0.1, 0.15) is 0 Å². The first-order valence-corrected chi connectivity index (χ1v) is 31.1. The van der Waals surface area contributed by atoms with Crippen molar-refractivity contribution in [3.63, 3.8) is 0 Å². The third-order valence-corrected chi connectivity index (χ3v) is 2.44. The van der Waals surface area contributed by atoms with Gasteiger partial charge in [0.25, 0.3) is 0 Å². The van der Waals surface area contributed by atoms with Crippen LogP contribution in [0.5, 0.6) is 0 Å². The normalized spacial score (nSPS) is 14.3. The van der Waals surface area contributed by atoms with E-state index in [0.29, 0.717) is 0 Å². The van der Waals surface area contributed by atoms with Gasteiger partial charge in [-0.3, -0.25) is 23.3 Å². The number of hydrogen-bond donors (Lipinski definition) is 0. The van der Waals surface area contributed by atoms with E-state index in [4.69, 9.17) is 68.1 Å². The van der Waals surface area contributed by atoms with Gasteiger partial charge < -0.3 is 0 Å². The maximum atomic E-state index is 5.04. The molecule has 22 heavy (non-hydrogen) atoms. The average Bonchev–Trinajstić information content (AvgIpc) is 2.30. The Morgan fingerprint density at radius 1 is 0.545 bits per heavy atom. The summed E-state index contributed by atoms with van der Waals surface area (Å²) in [5.41, 5.74) is 5.07. The van der Waals surface area contributed by atoms with Crippen LogP contribution in [0.2, 0.25) is 0 Å². The van der Waals surface area contributed by atoms with E-state index >= 15 is 0 Å². The van der Waals surface area contributed by atoms with Gasteiger partial charge in [0.05, 0.1) is 0 Å². The summed E-state index contributed by atoms with van der Waals surface area (Å²) in [5.74, 6) is 0. The number of hydrogen-bond acceptors (Lipinski definition) is 0. The summed E-state index contributed by atoms with van der Waals surface area (Å²) in [5, 5.41) is 0. The summed E-state index contributed by atoms with van der Waals surface area (Å²) in [7, 11) is 40.3. The Morgan fingerprint density at radius 2 is 0.682 bits per heavy atom. The molecule has 0 saturated heterocycles. The Labute approximate surface area is 172 Å². The van der Waals surface area contributed by atoms with Crippen molar-refractivity contribution < 1.29 is 31.0 Å². The summed E-state index contributed by atoms with van der Waals surface area (Å²) < 4.78 is 0. The van der Waals surface area contributed by atoms with Crippen LogP contribution in [0.15, 0.2) is 22.3 Å². The number of rotatable bonds is 2. The molecule has 0 unspecified atom stereocenters. The summed E-state index contributed by atoms with van der Waals surface area (Å²) >= 11 is -6.58. The molecule has 0 fully saturated rings. The standard InChI is InChI=1S/C12H18.8ClH.2Zr/c1-7-9(3)11(5)12(6)10(4)8-2;;;;;;;;;;/h1-6H3;8*1H;;/q-2;;;;;;;;;2*+4/p-8/b12-11-;;;;;;;;;;. The minimum absolute atomic E-state index is 1.22. The van der Waals surface area contributed by atoms with Crippen LogP contribution in [0, 0.1) is 12.2 Å². The Hall–Kier alpha value is 3.31. The molecule has 0 aromatic carbocycles. The van der Waals surface area contributed by atoms with Crippen molar-refractivity contribution in [1.82, 2.24) is 0 Å². The van der Waals surface area contributed by atoms with Gasteiger partial charge in [0.2, 0.25) is 0 Å². The molecule has 0 atom stereocenters. The third-order valence-electron chi connectivity index (χ3n) is 2.44. The number of allylic oxidation sites excluding steroid dienone is 6. The van der Waals surface area contributed by atoms with Crippen molar-refractivity contribution >= 4 is 68.1 Å². The van der Waals surface area contributed by atoms with Crippen molar-refractivity contribution in [2.75, 3.05) is 0 Å². The predicted molar refractivity (Wildman–Crippen MR) is 101 cm³/mol. The molecule has 0 heterocycles.